The molecule has 0 spiro atoms. The number of nitrogens with one attached hydrogen (secondary N) is 3. The number of fused-ring (bicyclic) bond motifs is 6. The SMILES string of the molecule is CNC(=O)c1cnc2nc1Nc1cc(cc(-c3ncn(C)n3)c1OC)COCc1cc(cc(C(F)(F)F)c1)N2. The van der Waals surface area contributed by atoms with E-state index in [-0.39, 0.29) is 36.2 Å². The lowest BCUT2D eigenvalue weighted by Crippen LogP contribution is -2.20. The third-order valence-electron chi connectivity index (χ3n) is 5.82. The molecule has 202 valence electrons. The molecule has 14 heteroatoms. The number of rotatable bonds is 3. The minimum absolute atomic E-state index is 0.0323. The van der Waals surface area contributed by atoms with Crippen LogP contribution >= 0.6 is 0 Å². The number of anilines is 4. The van der Waals surface area contributed by atoms with E-state index in [1.54, 1.807) is 19.2 Å². The fourth-order valence-corrected chi connectivity index (χ4v) is 4.11. The molecule has 0 saturated heterocycles. The summed E-state index contributed by atoms with van der Waals surface area (Å²) in [4.78, 5) is 25.5. The van der Waals surface area contributed by atoms with Gasteiger partial charge in [-0.3, -0.25) is 9.48 Å². The van der Waals surface area contributed by atoms with Gasteiger partial charge in [0, 0.05) is 26.0 Å². The van der Waals surface area contributed by atoms with Gasteiger partial charge in [-0.1, -0.05) is 0 Å². The Morgan fingerprint density at radius 2 is 1.87 bits per heavy atom. The molecule has 3 N–H and O–H groups in total. The Bertz CT molecular complexity index is 1550. The Morgan fingerprint density at radius 1 is 1.10 bits per heavy atom. The molecule has 11 nitrogen and oxygen atoms in total. The number of carbonyl (C=O) groups excluding carboxylic acids is 1. The Kier molecular flexibility index (Phi) is 6.78. The molecule has 0 atom stereocenters. The summed E-state index contributed by atoms with van der Waals surface area (Å²) in [6, 6.07) is 7.01. The summed E-state index contributed by atoms with van der Waals surface area (Å²) in [5, 5.41) is 12.8. The highest BCUT2D eigenvalue weighted by molar-refractivity contribution is 5.99. The van der Waals surface area contributed by atoms with E-state index in [9.17, 15) is 18.0 Å². The van der Waals surface area contributed by atoms with E-state index >= 15 is 0 Å². The third-order valence-corrected chi connectivity index (χ3v) is 5.82. The molecule has 1 aliphatic heterocycles. The van der Waals surface area contributed by atoms with Crippen molar-refractivity contribution < 1.29 is 27.4 Å². The number of hydrogen-bond acceptors (Lipinski definition) is 9. The van der Waals surface area contributed by atoms with Crippen LogP contribution < -0.4 is 20.7 Å². The Balaban J connectivity index is 1.69. The van der Waals surface area contributed by atoms with Gasteiger partial charge in [-0.15, -0.1) is 0 Å². The van der Waals surface area contributed by atoms with E-state index in [0.29, 0.717) is 34.0 Å². The number of amides is 1. The largest absolute Gasteiger partial charge is 0.494 e. The van der Waals surface area contributed by atoms with Crippen molar-refractivity contribution in [2.24, 2.45) is 7.05 Å². The van der Waals surface area contributed by atoms with E-state index in [2.05, 4.69) is 36.0 Å². The quantitative estimate of drug-likeness (QED) is 0.351. The van der Waals surface area contributed by atoms with E-state index < -0.39 is 17.6 Å². The van der Waals surface area contributed by atoms with E-state index in [1.807, 2.05) is 0 Å². The molecular formula is C25H23F3N8O3. The highest BCUT2D eigenvalue weighted by atomic mass is 19.4. The molecule has 1 amide bonds. The van der Waals surface area contributed by atoms with Crippen molar-refractivity contribution in [3.8, 4) is 17.1 Å². The zero-order valence-corrected chi connectivity index (χ0v) is 21.1. The van der Waals surface area contributed by atoms with Crippen molar-refractivity contribution in [1.29, 1.82) is 0 Å². The van der Waals surface area contributed by atoms with Gasteiger partial charge < -0.3 is 25.4 Å². The van der Waals surface area contributed by atoms with Gasteiger partial charge in [0.15, 0.2) is 11.6 Å². The second kappa shape index (κ2) is 10.2. The predicted octanol–water partition coefficient (Wildman–Crippen LogP) is 4.18. The average molecular weight is 541 g/mol. The van der Waals surface area contributed by atoms with Gasteiger partial charge in [-0.2, -0.15) is 23.3 Å². The van der Waals surface area contributed by atoms with Crippen molar-refractivity contribution in [2.45, 2.75) is 19.4 Å². The van der Waals surface area contributed by atoms with Crippen molar-refractivity contribution in [2.75, 3.05) is 24.8 Å². The minimum Gasteiger partial charge on any atom is -0.494 e. The number of hydrogen-bond donors (Lipinski definition) is 3. The van der Waals surface area contributed by atoms with Gasteiger partial charge in [-0.25, -0.2) is 9.97 Å². The molecule has 0 fully saturated rings. The molecule has 5 rings (SSSR count). The maximum Gasteiger partial charge on any atom is 0.416 e. The number of methoxy groups -OCH3 is 1. The Morgan fingerprint density at radius 3 is 2.54 bits per heavy atom. The fourth-order valence-electron chi connectivity index (χ4n) is 4.11. The van der Waals surface area contributed by atoms with Crippen LogP contribution in [0.3, 0.4) is 0 Å². The normalized spacial score (nSPS) is 13.1. The fraction of sp³-hybridized carbons (Fsp3) is 0.240. The highest BCUT2D eigenvalue weighted by Crippen LogP contribution is 2.39. The van der Waals surface area contributed by atoms with E-state index in [1.165, 1.54) is 37.4 Å². The number of nitrogens with zero attached hydrogens (tertiary/aromatic N) is 5. The highest BCUT2D eigenvalue weighted by Gasteiger charge is 2.31. The topological polar surface area (TPSA) is 128 Å². The maximum absolute atomic E-state index is 13.6. The van der Waals surface area contributed by atoms with Crippen LogP contribution in [0, 0.1) is 0 Å². The Hall–Kier alpha value is -4.72. The summed E-state index contributed by atoms with van der Waals surface area (Å²) in [6.45, 7) is -0.0406. The van der Waals surface area contributed by atoms with Crippen LogP contribution in [0.2, 0.25) is 0 Å². The standard InChI is InChI=1S/C25H23F3N8O3/c1-29-23(37)18-9-30-24-32-16-5-13(4-15(8-16)25(26,27)28)10-39-11-14-6-17(21-31-12-36(2)35-21)20(38-3)19(7-14)33-22(18)34-24/h4-9,12H,10-11H2,1-3H3,(H,29,37)(H2,30,32,33,34). The zero-order chi connectivity index (χ0) is 27.7. The van der Waals surface area contributed by atoms with Crippen LogP contribution in [0.25, 0.3) is 11.4 Å². The monoisotopic (exact) mass is 540 g/mol. The summed E-state index contributed by atoms with van der Waals surface area (Å²) in [5.41, 5.74) is 1.27. The number of halogens is 3. The molecule has 2 aromatic carbocycles. The smallest absolute Gasteiger partial charge is 0.416 e. The lowest BCUT2D eigenvalue weighted by molar-refractivity contribution is -0.137. The first-order valence-corrected chi connectivity index (χ1v) is 11.6. The lowest BCUT2D eigenvalue weighted by atomic mass is 10.1. The van der Waals surface area contributed by atoms with Gasteiger partial charge in [-0.05, 0) is 41.5 Å². The molecule has 1 aliphatic rings. The number of aromatic nitrogens is 5. The van der Waals surface area contributed by atoms with Crippen LogP contribution in [-0.2, 0) is 31.2 Å². The molecule has 39 heavy (non-hydrogen) atoms. The Labute approximate surface area is 220 Å². The average Bonchev–Trinajstić information content (AvgIpc) is 3.33. The van der Waals surface area contributed by atoms with Gasteiger partial charge >= 0.3 is 6.18 Å². The minimum atomic E-state index is -4.58. The molecule has 0 saturated carbocycles. The molecule has 0 aliphatic carbocycles. The van der Waals surface area contributed by atoms with Crippen LogP contribution in [0.1, 0.15) is 27.0 Å². The third kappa shape index (κ3) is 5.45. The van der Waals surface area contributed by atoms with Gasteiger partial charge in [0.1, 0.15) is 17.7 Å². The summed E-state index contributed by atoms with van der Waals surface area (Å²) >= 11 is 0. The second-order valence-electron chi connectivity index (χ2n) is 8.66. The number of benzene rings is 2. The van der Waals surface area contributed by atoms with Gasteiger partial charge in [0.2, 0.25) is 5.95 Å². The van der Waals surface area contributed by atoms with Crippen molar-refractivity contribution in [3.63, 3.8) is 0 Å². The van der Waals surface area contributed by atoms with Crippen LogP contribution in [0.5, 0.6) is 5.75 Å². The maximum atomic E-state index is 13.6. The van der Waals surface area contributed by atoms with E-state index in [0.717, 1.165) is 12.1 Å². The number of carbonyl (C=O) groups is 1. The summed E-state index contributed by atoms with van der Waals surface area (Å²) < 4.78 is 53.9. The first kappa shape index (κ1) is 25.9. The van der Waals surface area contributed by atoms with Crippen molar-refractivity contribution >= 4 is 29.0 Å². The molecule has 2 aromatic heterocycles. The van der Waals surface area contributed by atoms with Crippen molar-refractivity contribution in [1.82, 2.24) is 30.0 Å². The first-order chi connectivity index (χ1) is 18.6. The van der Waals surface area contributed by atoms with Crippen LogP contribution in [-0.4, -0.2) is 44.8 Å². The number of aryl methyl sites for hydroxylation is 1. The number of alkyl halides is 3. The second-order valence-corrected chi connectivity index (χ2v) is 8.66. The molecular weight excluding hydrogens is 517 g/mol. The predicted molar refractivity (Wildman–Crippen MR) is 135 cm³/mol. The molecule has 3 heterocycles. The van der Waals surface area contributed by atoms with E-state index in [4.69, 9.17) is 9.47 Å². The van der Waals surface area contributed by atoms with Gasteiger partial charge in [0.25, 0.3) is 5.91 Å². The molecule has 6 bridgehead atoms. The molecule has 4 aromatic rings. The van der Waals surface area contributed by atoms with Gasteiger partial charge in [0.05, 0.1) is 37.1 Å². The zero-order valence-electron chi connectivity index (χ0n) is 21.1. The summed E-state index contributed by atoms with van der Waals surface area (Å²) in [5.74, 6) is 0.339. The van der Waals surface area contributed by atoms with Crippen LogP contribution in [0.15, 0.2) is 42.9 Å². The van der Waals surface area contributed by atoms with Crippen LogP contribution in [0.4, 0.5) is 36.3 Å². The molecule has 0 radical (unpaired) electrons. The summed E-state index contributed by atoms with van der Waals surface area (Å²) in [6.07, 6.45) is -1.77. The number of ether oxygens (including phenoxy) is 2. The first-order valence-electron chi connectivity index (χ1n) is 11.6. The lowest BCUT2D eigenvalue weighted by Gasteiger charge is -2.19. The molecule has 0 unspecified atom stereocenters. The van der Waals surface area contributed by atoms with Crippen molar-refractivity contribution in [3.05, 3.63) is 65.1 Å². The summed E-state index contributed by atoms with van der Waals surface area (Å²) in [7, 11) is 4.67.